The highest BCUT2D eigenvalue weighted by atomic mass is 16.5. The Morgan fingerprint density at radius 1 is 0.842 bits per heavy atom. The van der Waals surface area contributed by atoms with E-state index in [1.165, 1.54) is 19.8 Å². The number of hydrogen-bond acceptors (Lipinski definition) is 5. The highest BCUT2D eigenvalue weighted by molar-refractivity contribution is 5.82. The van der Waals surface area contributed by atoms with Crippen molar-refractivity contribution in [2.75, 3.05) is 13.7 Å². The first-order chi connectivity index (χ1) is 17.6. The third-order valence-corrected chi connectivity index (χ3v) is 14.4. The van der Waals surface area contributed by atoms with Crippen molar-refractivity contribution >= 4 is 17.7 Å². The van der Waals surface area contributed by atoms with Crippen molar-refractivity contribution in [1.82, 2.24) is 0 Å². The van der Waals surface area contributed by atoms with Crippen molar-refractivity contribution in [2.45, 2.75) is 119 Å². The van der Waals surface area contributed by atoms with Crippen molar-refractivity contribution < 1.29 is 23.9 Å². The fraction of sp³-hybridized carbons (Fsp3) is 0.909. The lowest BCUT2D eigenvalue weighted by Crippen LogP contribution is -2.68. The third kappa shape index (κ3) is 3.57. The largest absolute Gasteiger partial charge is 0.469 e. The van der Waals surface area contributed by atoms with Crippen LogP contribution in [-0.4, -0.2) is 31.4 Å². The minimum atomic E-state index is -0.397. The number of methoxy groups -OCH3 is 1. The molecule has 0 bridgehead atoms. The number of Topliss-reactive ketones (excluding diaryl/α,β-unsaturated/α-hetero) is 1. The molecule has 0 amide bonds. The molecule has 0 saturated heterocycles. The van der Waals surface area contributed by atoms with E-state index < -0.39 is 5.41 Å². The quantitative estimate of drug-likeness (QED) is 0.364. The number of rotatable bonds is 3. The monoisotopic (exact) mass is 528 g/mol. The van der Waals surface area contributed by atoms with Crippen molar-refractivity contribution in [3.8, 4) is 0 Å². The van der Waals surface area contributed by atoms with Gasteiger partial charge in [-0.1, -0.05) is 34.6 Å². The van der Waals surface area contributed by atoms with Crippen LogP contribution in [0.2, 0.25) is 0 Å². The SMILES string of the molecule is COC(=O)[C@]1(C)CC[C@]2(C)CC[C@]3(C)[C@H]4CC[C@]5(COC(C)=O)[C@@H](C)C(=O)CC[C@H]5[C@]4(C)CC[C@@]3(C)[C@@H]2C1. The average molecular weight is 529 g/mol. The molecular formula is C33H52O5. The van der Waals surface area contributed by atoms with Gasteiger partial charge in [-0.15, -0.1) is 0 Å². The molecule has 0 aliphatic heterocycles. The van der Waals surface area contributed by atoms with E-state index in [9.17, 15) is 14.4 Å². The Morgan fingerprint density at radius 2 is 1.47 bits per heavy atom. The Bertz CT molecular complexity index is 1020. The maximum atomic E-state index is 13.1. The molecule has 5 heteroatoms. The predicted octanol–water partition coefficient (Wildman–Crippen LogP) is 7.15. The first-order valence-corrected chi connectivity index (χ1v) is 15.4. The van der Waals surface area contributed by atoms with Crippen LogP contribution in [0.15, 0.2) is 0 Å². The first kappa shape index (κ1) is 28.1. The minimum Gasteiger partial charge on any atom is -0.469 e. The number of ketones is 1. The van der Waals surface area contributed by atoms with Gasteiger partial charge in [-0.3, -0.25) is 14.4 Å². The number of fused-ring (bicyclic) bond motifs is 7. The summed E-state index contributed by atoms with van der Waals surface area (Å²) in [4.78, 5) is 38.0. The molecule has 0 radical (unpaired) electrons. The maximum absolute atomic E-state index is 13.1. The van der Waals surface area contributed by atoms with E-state index in [2.05, 4.69) is 41.5 Å². The predicted molar refractivity (Wildman–Crippen MR) is 147 cm³/mol. The smallest absolute Gasteiger partial charge is 0.311 e. The van der Waals surface area contributed by atoms with E-state index in [1.807, 2.05) is 0 Å². The molecule has 5 rings (SSSR count). The van der Waals surface area contributed by atoms with Gasteiger partial charge < -0.3 is 9.47 Å². The van der Waals surface area contributed by atoms with E-state index in [1.54, 1.807) is 7.11 Å². The van der Waals surface area contributed by atoms with E-state index in [-0.39, 0.29) is 44.9 Å². The lowest BCUT2D eigenvalue weighted by atomic mass is 9.30. The molecule has 0 aromatic rings. The van der Waals surface area contributed by atoms with Gasteiger partial charge in [0.05, 0.1) is 19.1 Å². The zero-order chi connectivity index (χ0) is 27.9. The van der Waals surface area contributed by atoms with Gasteiger partial charge in [-0.05, 0) is 111 Å². The van der Waals surface area contributed by atoms with Crippen LogP contribution < -0.4 is 0 Å². The highest BCUT2D eigenvalue weighted by Gasteiger charge is 2.72. The molecule has 214 valence electrons. The molecule has 0 aromatic heterocycles. The van der Waals surface area contributed by atoms with Crippen LogP contribution in [-0.2, 0) is 23.9 Å². The molecule has 5 aliphatic rings. The Hall–Kier alpha value is -1.39. The van der Waals surface area contributed by atoms with Gasteiger partial charge in [0.1, 0.15) is 5.78 Å². The van der Waals surface area contributed by atoms with Crippen molar-refractivity contribution in [3.05, 3.63) is 0 Å². The average Bonchev–Trinajstić information content (AvgIpc) is 2.87. The number of esters is 2. The molecule has 10 atom stereocenters. The number of carbonyl (C=O) groups is 3. The Labute approximate surface area is 230 Å². The fourth-order valence-electron chi connectivity index (χ4n) is 11.8. The molecule has 0 N–H and O–H groups in total. The standard InChI is InChI=1S/C33H52O5/c1-21-23(35)9-10-25-30(5)16-18-32(7)26-19-29(4,27(36)37-8)14-13-28(26,3)15-17-31(32,6)24(30)11-12-33(21,25)20-38-22(2)34/h21,24-26H,9-20H2,1-8H3/t21-,24-,25-,26+,28+,29+,30+,31+,32-,33-/m0/s1. The van der Waals surface area contributed by atoms with Crippen LogP contribution in [0.4, 0.5) is 0 Å². The van der Waals surface area contributed by atoms with Crippen LogP contribution in [0.25, 0.3) is 0 Å². The third-order valence-electron chi connectivity index (χ3n) is 14.4. The molecular weight excluding hydrogens is 476 g/mol. The second kappa shape index (κ2) is 8.80. The molecule has 0 heterocycles. The second-order valence-corrected chi connectivity index (χ2v) is 15.7. The summed E-state index contributed by atoms with van der Waals surface area (Å²) in [5, 5.41) is 0. The topological polar surface area (TPSA) is 69.7 Å². The minimum absolute atomic E-state index is 0.0372. The van der Waals surface area contributed by atoms with Gasteiger partial charge in [-0.25, -0.2) is 0 Å². The Balaban J connectivity index is 1.53. The Morgan fingerprint density at radius 3 is 2.13 bits per heavy atom. The van der Waals surface area contributed by atoms with Gasteiger partial charge in [0.2, 0.25) is 0 Å². The zero-order valence-corrected chi connectivity index (χ0v) is 25.3. The lowest BCUT2D eigenvalue weighted by molar-refractivity contribution is -0.263. The number of ether oxygens (including phenoxy) is 2. The molecule has 0 aromatic carbocycles. The number of carbonyl (C=O) groups excluding carboxylic acids is 3. The van der Waals surface area contributed by atoms with Crippen LogP contribution in [0.5, 0.6) is 0 Å². The summed E-state index contributed by atoms with van der Waals surface area (Å²) in [6.07, 6.45) is 11.4. The molecule has 5 aliphatic carbocycles. The lowest BCUT2D eigenvalue weighted by Gasteiger charge is -2.74. The molecule has 5 fully saturated rings. The molecule has 0 spiro atoms. The summed E-state index contributed by atoms with van der Waals surface area (Å²) in [6.45, 7) is 16.3. The number of hydrogen-bond donors (Lipinski definition) is 0. The normalized spacial score (nSPS) is 52.1. The van der Waals surface area contributed by atoms with E-state index in [0.29, 0.717) is 36.6 Å². The van der Waals surface area contributed by atoms with Gasteiger partial charge >= 0.3 is 11.9 Å². The summed E-state index contributed by atoms with van der Waals surface area (Å²) in [7, 11) is 1.54. The summed E-state index contributed by atoms with van der Waals surface area (Å²) < 4.78 is 11.1. The summed E-state index contributed by atoms with van der Waals surface area (Å²) in [6, 6.07) is 0. The van der Waals surface area contributed by atoms with Crippen LogP contribution in [0.1, 0.15) is 119 Å². The Kier molecular flexibility index (Phi) is 6.52. The molecule has 38 heavy (non-hydrogen) atoms. The molecule has 0 unspecified atom stereocenters. The summed E-state index contributed by atoms with van der Waals surface area (Å²) in [5.74, 6) is 1.47. The van der Waals surface area contributed by atoms with Crippen molar-refractivity contribution in [1.29, 1.82) is 0 Å². The van der Waals surface area contributed by atoms with E-state index >= 15 is 0 Å². The van der Waals surface area contributed by atoms with Crippen molar-refractivity contribution in [2.24, 2.45) is 56.2 Å². The summed E-state index contributed by atoms with van der Waals surface area (Å²) >= 11 is 0. The van der Waals surface area contributed by atoms with Crippen LogP contribution in [0.3, 0.4) is 0 Å². The van der Waals surface area contributed by atoms with Crippen molar-refractivity contribution in [3.63, 3.8) is 0 Å². The maximum Gasteiger partial charge on any atom is 0.311 e. The highest BCUT2D eigenvalue weighted by Crippen LogP contribution is 2.78. The first-order valence-electron chi connectivity index (χ1n) is 15.4. The fourth-order valence-corrected chi connectivity index (χ4v) is 11.8. The van der Waals surface area contributed by atoms with Crippen LogP contribution in [0, 0.1) is 56.2 Å². The second-order valence-electron chi connectivity index (χ2n) is 15.7. The molecule has 5 saturated carbocycles. The summed E-state index contributed by atoms with van der Waals surface area (Å²) in [5.41, 5.74) is 0.0904. The van der Waals surface area contributed by atoms with Gasteiger partial charge in [0.15, 0.2) is 0 Å². The van der Waals surface area contributed by atoms with E-state index in [4.69, 9.17) is 9.47 Å². The zero-order valence-electron chi connectivity index (χ0n) is 25.3. The van der Waals surface area contributed by atoms with Crippen LogP contribution >= 0.6 is 0 Å². The van der Waals surface area contributed by atoms with Gasteiger partial charge in [-0.2, -0.15) is 0 Å². The molecule has 5 nitrogen and oxygen atoms in total. The van der Waals surface area contributed by atoms with Gasteiger partial charge in [0, 0.05) is 24.7 Å². The van der Waals surface area contributed by atoms with E-state index in [0.717, 1.165) is 51.4 Å². The van der Waals surface area contributed by atoms with Gasteiger partial charge in [0.25, 0.3) is 0 Å².